The molecular formula is C49H81ClN4O10. The number of piperidine rings is 2. The van der Waals surface area contributed by atoms with Gasteiger partial charge in [0.25, 0.3) is 11.1 Å². The Kier molecular flexibility index (Phi) is 26.6. The third-order valence-corrected chi connectivity index (χ3v) is 9.76. The fourth-order valence-electron chi connectivity index (χ4n) is 6.94. The molecule has 2 fully saturated rings. The van der Waals surface area contributed by atoms with E-state index in [0.717, 1.165) is 51.6 Å². The lowest BCUT2D eigenvalue weighted by atomic mass is 10.0. The Labute approximate surface area is 389 Å². The van der Waals surface area contributed by atoms with Crippen LogP contribution in [0.3, 0.4) is 0 Å². The summed E-state index contributed by atoms with van der Waals surface area (Å²) in [5, 5.41) is 3.01. The molecule has 3 amide bonds. The van der Waals surface area contributed by atoms with Crippen molar-refractivity contribution in [3.05, 3.63) is 59.7 Å². The summed E-state index contributed by atoms with van der Waals surface area (Å²) in [6.45, 7) is 24.7. The summed E-state index contributed by atoms with van der Waals surface area (Å²) in [4.78, 5) is 54.2. The van der Waals surface area contributed by atoms with Gasteiger partial charge in [-0.25, -0.2) is 9.59 Å². The molecule has 2 saturated heterocycles. The van der Waals surface area contributed by atoms with Crippen LogP contribution in [0, 0.1) is 0 Å². The minimum Gasteiger partial charge on any atom is -0.493 e. The Morgan fingerprint density at radius 2 is 1.19 bits per heavy atom. The molecule has 2 atom stereocenters. The zero-order valence-electron chi connectivity index (χ0n) is 40.1. The average Bonchev–Trinajstić information content (AvgIpc) is 3.20. The van der Waals surface area contributed by atoms with E-state index in [-0.39, 0.29) is 37.6 Å². The molecule has 2 aliphatic heterocycles. The first-order chi connectivity index (χ1) is 29.6. The average molecular weight is 922 g/mol. The Balaban J connectivity index is 0.000000524. The van der Waals surface area contributed by atoms with Crippen molar-refractivity contribution in [2.45, 2.75) is 151 Å². The summed E-state index contributed by atoms with van der Waals surface area (Å²) in [6.07, 6.45) is 4.97. The van der Waals surface area contributed by atoms with Crippen LogP contribution in [0.2, 0.25) is 0 Å². The molecular weight excluding hydrogens is 840 g/mol. The standard InChI is InChI=1S/C24H38N2O5.C13H26N2O2.C11H13ClO3.CH4/c1-18(2)26(20-11-8-13-25(17-20)23(28)31-24(3,4)5)22(27)19-10-7-12-21(16-19)30-15-9-14-29-6;1-10(2)14-11-7-6-8-15(9-11)12(16)17-13(3,4)5;1-14-6-3-7-15-10-5-2-4-9(8-10)11(12)13;/h7,10,12,16,18,20H,8-9,11,13-15,17H2,1-6H3;10-11,14H,6-9H2,1-5H3;2,4-5,8H,3,6-7H2,1H3;1H4/t20-;11-;;/m11../s1. The molecule has 15 heteroatoms. The van der Waals surface area contributed by atoms with E-state index in [4.69, 9.17) is 40.0 Å². The molecule has 4 rings (SSSR count). The number of carbonyl (C=O) groups excluding carboxylic acids is 4. The number of hydrogen-bond acceptors (Lipinski definition) is 11. The van der Waals surface area contributed by atoms with Crippen LogP contribution in [0.4, 0.5) is 9.59 Å². The van der Waals surface area contributed by atoms with Crippen LogP contribution in [-0.2, 0) is 18.9 Å². The molecule has 0 unspecified atom stereocenters. The van der Waals surface area contributed by atoms with Gasteiger partial charge in [0.1, 0.15) is 22.7 Å². The third kappa shape index (κ3) is 23.2. The van der Waals surface area contributed by atoms with Crippen LogP contribution >= 0.6 is 11.6 Å². The van der Waals surface area contributed by atoms with E-state index >= 15 is 0 Å². The molecule has 0 aromatic heterocycles. The number of halogens is 1. The molecule has 0 aliphatic carbocycles. The predicted octanol–water partition coefficient (Wildman–Crippen LogP) is 9.85. The van der Waals surface area contributed by atoms with Gasteiger partial charge in [-0.3, -0.25) is 9.59 Å². The van der Waals surface area contributed by atoms with Gasteiger partial charge in [0, 0.05) is 95.7 Å². The minimum absolute atomic E-state index is 0. The summed E-state index contributed by atoms with van der Waals surface area (Å²) >= 11 is 5.34. The van der Waals surface area contributed by atoms with Crippen molar-refractivity contribution in [2.75, 3.05) is 66.8 Å². The van der Waals surface area contributed by atoms with Crippen LogP contribution < -0.4 is 14.8 Å². The maximum atomic E-state index is 13.4. The number of nitrogens with one attached hydrogen (secondary N) is 1. The highest BCUT2D eigenvalue weighted by Gasteiger charge is 2.34. The van der Waals surface area contributed by atoms with Gasteiger partial charge in [-0.1, -0.05) is 33.4 Å². The molecule has 0 bridgehead atoms. The molecule has 2 aromatic carbocycles. The van der Waals surface area contributed by atoms with Gasteiger partial charge in [-0.2, -0.15) is 0 Å². The van der Waals surface area contributed by atoms with E-state index in [2.05, 4.69) is 19.2 Å². The normalized spacial score (nSPS) is 16.3. The monoisotopic (exact) mass is 921 g/mol. The molecule has 2 aromatic rings. The van der Waals surface area contributed by atoms with E-state index in [1.54, 1.807) is 49.5 Å². The molecule has 0 spiro atoms. The second kappa shape index (κ2) is 29.4. The third-order valence-electron chi connectivity index (χ3n) is 9.54. The quantitative estimate of drug-likeness (QED) is 0.127. The Morgan fingerprint density at radius 3 is 1.64 bits per heavy atom. The zero-order valence-corrected chi connectivity index (χ0v) is 40.9. The van der Waals surface area contributed by atoms with Crippen LogP contribution in [-0.4, -0.2) is 140 Å². The fourth-order valence-corrected chi connectivity index (χ4v) is 7.05. The van der Waals surface area contributed by atoms with Crippen molar-refractivity contribution < 1.29 is 47.6 Å². The van der Waals surface area contributed by atoms with Crippen LogP contribution in [0.1, 0.15) is 136 Å². The largest absolute Gasteiger partial charge is 0.493 e. The molecule has 14 nitrogen and oxygen atoms in total. The molecule has 64 heavy (non-hydrogen) atoms. The summed E-state index contributed by atoms with van der Waals surface area (Å²) in [7, 11) is 3.31. The second-order valence-corrected chi connectivity index (χ2v) is 18.7. The van der Waals surface area contributed by atoms with Gasteiger partial charge in [0.05, 0.1) is 19.3 Å². The lowest BCUT2D eigenvalue weighted by molar-refractivity contribution is 0.00749. The van der Waals surface area contributed by atoms with E-state index < -0.39 is 16.4 Å². The first-order valence-electron chi connectivity index (χ1n) is 22.3. The van der Waals surface area contributed by atoms with Crippen LogP contribution in [0.5, 0.6) is 11.5 Å². The summed E-state index contributed by atoms with van der Waals surface area (Å²) in [5.41, 5.74) is 0.0878. The van der Waals surface area contributed by atoms with Gasteiger partial charge in [-0.05, 0) is 129 Å². The molecule has 364 valence electrons. The van der Waals surface area contributed by atoms with E-state index in [1.165, 1.54) is 0 Å². The molecule has 0 saturated carbocycles. The van der Waals surface area contributed by atoms with Gasteiger partial charge in [0.15, 0.2) is 0 Å². The van der Waals surface area contributed by atoms with Gasteiger partial charge < -0.3 is 48.4 Å². The summed E-state index contributed by atoms with van der Waals surface area (Å²) in [5.74, 6) is 1.27. The Bertz CT molecular complexity index is 1680. The van der Waals surface area contributed by atoms with Crippen molar-refractivity contribution >= 4 is 34.9 Å². The fraction of sp³-hybridized carbons (Fsp3) is 0.673. The Morgan fingerprint density at radius 1 is 0.719 bits per heavy atom. The number of ether oxygens (including phenoxy) is 6. The van der Waals surface area contributed by atoms with Crippen molar-refractivity contribution in [1.29, 1.82) is 0 Å². The van der Waals surface area contributed by atoms with E-state index in [0.29, 0.717) is 74.2 Å². The first kappa shape index (κ1) is 57.9. The highest BCUT2D eigenvalue weighted by molar-refractivity contribution is 6.67. The van der Waals surface area contributed by atoms with E-state index in [1.807, 2.05) is 83.4 Å². The second-order valence-electron chi connectivity index (χ2n) is 18.3. The summed E-state index contributed by atoms with van der Waals surface area (Å²) in [6, 6.07) is 14.9. The zero-order chi connectivity index (χ0) is 47.2. The number of likely N-dealkylation sites (tertiary alicyclic amines) is 2. The topological polar surface area (TPSA) is 145 Å². The number of nitrogens with zero attached hydrogens (tertiary/aromatic N) is 3. The lowest BCUT2D eigenvalue weighted by Gasteiger charge is -2.41. The molecule has 0 radical (unpaired) electrons. The smallest absolute Gasteiger partial charge is 0.410 e. The maximum Gasteiger partial charge on any atom is 0.410 e. The maximum absolute atomic E-state index is 13.4. The number of methoxy groups -OCH3 is 2. The lowest BCUT2D eigenvalue weighted by Crippen LogP contribution is -2.54. The van der Waals surface area contributed by atoms with Gasteiger partial charge >= 0.3 is 12.2 Å². The molecule has 2 aliphatic rings. The highest BCUT2D eigenvalue weighted by Crippen LogP contribution is 2.24. The molecule has 2 heterocycles. The number of rotatable bonds is 16. The summed E-state index contributed by atoms with van der Waals surface area (Å²) < 4.78 is 32.0. The van der Waals surface area contributed by atoms with Gasteiger partial charge in [0.2, 0.25) is 0 Å². The van der Waals surface area contributed by atoms with Crippen molar-refractivity contribution in [3.8, 4) is 11.5 Å². The minimum atomic E-state index is -0.540. The van der Waals surface area contributed by atoms with Gasteiger partial charge in [-0.15, -0.1) is 0 Å². The predicted molar refractivity (Wildman–Crippen MR) is 255 cm³/mol. The SMILES string of the molecule is C.CC(C)N[C@@H]1CCCN(C(=O)OC(C)(C)C)C1.COCCCOc1cccc(C(=O)Cl)c1.COCCCOc1cccc(C(=O)N(C(C)C)[C@@H]2CCCN(C(=O)OC(C)(C)C)C2)c1. The first-order valence-corrected chi connectivity index (χ1v) is 22.7. The number of benzene rings is 2. The van der Waals surface area contributed by atoms with E-state index in [9.17, 15) is 19.2 Å². The number of carbonyl (C=O) groups is 4. The van der Waals surface area contributed by atoms with Crippen LogP contribution in [0.25, 0.3) is 0 Å². The van der Waals surface area contributed by atoms with Crippen molar-refractivity contribution in [3.63, 3.8) is 0 Å². The Hall–Kier alpha value is -4.11. The van der Waals surface area contributed by atoms with Crippen molar-refractivity contribution in [2.24, 2.45) is 0 Å². The van der Waals surface area contributed by atoms with Crippen LogP contribution in [0.15, 0.2) is 48.5 Å². The highest BCUT2D eigenvalue weighted by atomic mass is 35.5. The number of amides is 3. The van der Waals surface area contributed by atoms with Crippen molar-refractivity contribution in [1.82, 2.24) is 20.0 Å². The molecule has 1 N–H and O–H groups in total. The number of hydrogen-bond donors (Lipinski definition) is 1.